The first-order valence-corrected chi connectivity index (χ1v) is 14.9. The lowest BCUT2D eigenvalue weighted by Crippen LogP contribution is -2.13. The van der Waals surface area contributed by atoms with E-state index in [9.17, 15) is 38.9 Å². The fourth-order valence-electron chi connectivity index (χ4n) is 4.94. The second-order valence-corrected chi connectivity index (χ2v) is 12.6. The molecule has 12 heteroatoms. The van der Waals surface area contributed by atoms with Crippen LogP contribution in [-0.2, 0) is 36.8 Å². The minimum Gasteiger partial charge on any atom is -0.282 e. The van der Waals surface area contributed by atoms with E-state index in [1.165, 1.54) is 36.4 Å². The molecule has 0 aromatic heterocycles. The van der Waals surface area contributed by atoms with Gasteiger partial charge in [0.15, 0.2) is 0 Å². The van der Waals surface area contributed by atoms with Crippen molar-refractivity contribution in [2.75, 3.05) is 0 Å². The summed E-state index contributed by atoms with van der Waals surface area (Å²) in [5.74, 6) is 0. The Bertz CT molecular complexity index is 2040. The zero-order chi connectivity index (χ0) is 26.9. The lowest BCUT2D eigenvalue weighted by Gasteiger charge is -2.20. The van der Waals surface area contributed by atoms with Crippen molar-refractivity contribution < 1.29 is 38.9 Å². The molecule has 9 nitrogen and oxygen atoms in total. The van der Waals surface area contributed by atoms with Crippen LogP contribution in [0.4, 0.5) is 0 Å². The number of hydrogen-bond donors (Lipinski definition) is 3. The van der Waals surface area contributed by atoms with E-state index in [-0.39, 0.29) is 38.9 Å². The molecule has 0 fully saturated rings. The summed E-state index contributed by atoms with van der Waals surface area (Å²) >= 11 is 0. The van der Waals surface area contributed by atoms with Crippen molar-refractivity contribution in [2.24, 2.45) is 0 Å². The molecule has 0 aliphatic heterocycles. The van der Waals surface area contributed by atoms with Crippen LogP contribution < -0.4 is 0 Å². The van der Waals surface area contributed by atoms with Crippen molar-refractivity contribution in [3.05, 3.63) is 83.9 Å². The van der Waals surface area contributed by atoms with Crippen LogP contribution in [0.25, 0.3) is 38.4 Å². The molecular formula is C25H18O9S3. The molecule has 0 aliphatic rings. The standard InChI is InChI=1S/C25H18O9S3/c1-2-14-4-3-5-15(12-14)13-20-24(36(29,30)31)18-8-6-16-7-11-21(35(26,27)28)17-9-10-19(23(18)22(16)17)25(20)37(32,33)34/h2-12H,1,13H2,(H,26,27,28)(H,29,30,31)(H,32,33,34). The third-order valence-electron chi connectivity index (χ3n) is 6.27. The first-order valence-electron chi connectivity index (χ1n) is 10.6. The van der Waals surface area contributed by atoms with E-state index in [1.807, 2.05) is 0 Å². The van der Waals surface area contributed by atoms with Crippen LogP contribution in [0.2, 0.25) is 0 Å². The average molecular weight is 559 g/mol. The monoisotopic (exact) mass is 558 g/mol. The topological polar surface area (TPSA) is 163 Å². The Morgan fingerprint density at radius 1 is 0.676 bits per heavy atom. The first-order chi connectivity index (χ1) is 17.2. The van der Waals surface area contributed by atoms with Crippen molar-refractivity contribution >= 4 is 68.7 Å². The Hall–Kier alpha value is -3.39. The van der Waals surface area contributed by atoms with Gasteiger partial charge in [0, 0.05) is 28.0 Å². The third-order valence-corrected chi connectivity index (χ3v) is 9.15. The predicted molar refractivity (Wildman–Crippen MR) is 139 cm³/mol. The van der Waals surface area contributed by atoms with Crippen molar-refractivity contribution in [2.45, 2.75) is 21.1 Å². The SMILES string of the molecule is C=Cc1cccc(Cc2c(S(=O)(=O)O)c3ccc4ccc(S(=O)(=O)O)c5ccc(c2S(=O)(=O)O)c3c45)c1. The molecule has 0 saturated heterocycles. The third kappa shape index (κ3) is 4.17. The van der Waals surface area contributed by atoms with Crippen LogP contribution in [0.3, 0.4) is 0 Å². The second-order valence-electron chi connectivity index (χ2n) is 8.50. The molecule has 190 valence electrons. The molecule has 0 spiro atoms. The van der Waals surface area contributed by atoms with Gasteiger partial charge in [0.1, 0.15) is 14.7 Å². The lowest BCUT2D eigenvalue weighted by molar-refractivity contribution is 0.478. The minimum atomic E-state index is -5.08. The molecule has 3 N–H and O–H groups in total. The van der Waals surface area contributed by atoms with Crippen LogP contribution in [0, 0.1) is 0 Å². The van der Waals surface area contributed by atoms with Gasteiger partial charge in [-0.1, -0.05) is 67.3 Å². The van der Waals surface area contributed by atoms with Crippen LogP contribution in [0.1, 0.15) is 16.7 Å². The van der Waals surface area contributed by atoms with Gasteiger partial charge in [-0.05, 0) is 33.5 Å². The fourth-order valence-corrected chi connectivity index (χ4v) is 7.56. The minimum absolute atomic E-state index is 0.00658. The maximum Gasteiger partial charge on any atom is 0.295 e. The zero-order valence-corrected chi connectivity index (χ0v) is 21.2. The number of rotatable bonds is 6. The average Bonchev–Trinajstić information content (AvgIpc) is 2.79. The molecule has 0 atom stereocenters. The number of benzene rings is 5. The second kappa shape index (κ2) is 8.31. The van der Waals surface area contributed by atoms with Gasteiger partial charge in [0.05, 0.1) is 0 Å². The van der Waals surface area contributed by atoms with Gasteiger partial charge in [-0.25, -0.2) is 0 Å². The summed E-state index contributed by atoms with van der Waals surface area (Å²) in [5.41, 5.74) is 0.801. The van der Waals surface area contributed by atoms with Gasteiger partial charge in [-0.3, -0.25) is 13.7 Å². The van der Waals surface area contributed by atoms with Crippen LogP contribution in [0.15, 0.2) is 81.9 Å². The van der Waals surface area contributed by atoms with Crippen LogP contribution in [-0.4, -0.2) is 38.9 Å². The molecule has 0 radical (unpaired) electrons. The Morgan fingerprint density at radius 2 is 1.24 bits per heavy atom. The Kier molecular flexibility index (Phi) is 5.68. The van der Waals surface area contributed by atoms with Gasteiger partial charge in [-0.2, -0.15) is 25.3 Å². The van der Waals surface area contributed by atoms with E-state index in [0.29, 0.717) is 16.5 Å². The summed E-state index contributed by atoms with van der Waals surface area (Å²) in [5, 5.41) is 0.391. The quantitative estimate of drug-likeness (QED) is 0.200. The Balaban J connectivity index is 2.06. The van der Waals surface area contributed by atoms with Gasteiger partial charge >= 0.3 is 0 Å². The fraction of sp³-hybridized carbons (Fsp3) is 0.0400. The Labute approximate surface area is 212 Å². The van der Waals surface area contributed by atoms with E-state index >= 15 is 0 Å². The van der Waals surface area contributed by atoms with Crippen LogP contribution >= 0.6 is 0 Å². The maximum absolute atomic E-state index is 12.7. The molecule has 5 aromatic rings. The number of hydrogen-bond acceptors (Lipinski definition) is 6. The molecule has 0 heterocycles. The summed E-state index contributed by atoms with van der Waals surface area (Å²) in [4.78, 5) is -1.94. The largest absolute Gasteiger partial charge is 0.295 e. The predicted octanol–water partition coefficient (Wildman–Crippen LogP) is 4.56. The van der Waals surface area contributed by atoms with Gasteiger partial charge < -0.3 is 0 Å². The molecule has 0 aliphatic carbocycles. The summed E-state index contributed by atoms with van der Waals surface area (Å²) in [6, 6.07) is 14.6. The van der Waals surface area contributed by atoms with Gasteiger partial charge in [0.2, 0.25) is 0 Å². The van der Waals surface area contributed by atoms with Crippen LogP contribution in [0.5, 0.6) is 0 Å². The van der Waals surface area contributed by atoms with Gasteiger partial charge in [-0.15, -0.1) is 0 Å². The highest BCUT2D eigenvalue weighted by Gasteiger charge is 2.32. The Morgan fingerprint density at radius 3 is 1.81 bits per heavy atom. The van der Waals surface area contributed by atoms with Crippen molar-refractivity contribution in [3.63, 3.8) is 0 Å². The van der Waals surface area contributed by atoms with E-state index in [4.69, 9.17) is 0 Å². The molecule has 5 rings (SSSR count). The summed E-state index contributed by atoms with van der Waals surface area (Å²) in [6.45, 7) is 3.68. The molecule has 0 saturated carbocycles. The molecule has 0 amide bonds. The summed E-state index contributed by atoms with van der Waals surface area (Å²) < 4.78 is 105. The zero-order valence-electron chi connectivity index (χ0n) is 18.8. The molecule has 0 bridgehead atoms. The van der Waals surface area contributed by atoms with E-state index in [0.717, 1.165) is 0 Å². The lowest BCUT2D eigenvalue weighted by atomic mass is 9.91. The smallest absolute Gasteiger partial charge is 0.282 e. The molecule has 5 aromatic carbocycles. The van der Waals surface area contributed by atoms with Crippen molar-refractivity contribution in [3.8, 4) is 0 Å². The van der Waals surface area contributed by atoms with Crippen molar-refractivity contribution in [1.29, 1.82) is 0 Å². The molecule has 37 heavy (non-hydrogen) atoms. The van der Waals surface area contributed by atoms with E-state index in [2.05, 4.69) is 6.58 Å². The molecule has 0 unspecified atom stereocenters. The van der Waals surface area contributed by atoms with E-state index < -0.39 is 45.0 Å². The van der Waals surface area contributed by atoms with Crippen molar-refractivity contribution in [1.82, 2.24) is 0 Å². The highest BCUT2D eigenvalue weighted by atomic mass is 32.2. The highest BCUT2D eigenvalue weighted by molar-refractivity contribution is 7.87. The summed E-state index contributed by atoms with van der Waals surface area (Å²) in [6.07, 6.45) is 1.25. The highest BCUT2D eigenvalue weighted by Crippen LogP contribution is 2.44. The van der Waals surface area contributed by atoms with E-state index in [1.54, 1.807) is 30.3 Å². The normalized spacial score (nSPS) is 13.1. The first kappa shape index (κ1) is 25.3. The summed E-state index contributed by atoms with van der Waals surface area (Å²) in [7, 11) is -14.9. The van der Waals surface area contributed by atoms with Gasteiger partial charge in [0.25, 0.3) is 30.4 Å². The maximum atomic E-state index is 12.7. The molecular weight excluding hydrogens is 540 g/mol.